The Morgan fingerprint density at radius 1 is 0.806 bits per heavy atom. The lowest BCUT2D eigenvalue weighted by Crippen LogP contribution is -2.34. The summed E-state index contributed by atoms with van der Waals surface area (Å²) < 4.78 is 11.3. The molecule has 158 valence electrons. The largest absolute Gasteiger partial charge is 0.490 e. The van der Waals surface area contributed by atoms with Gasteiger partial charge in [-0.15, -0.1) is 0 Å². The van der Waals surface area contributed by atoms with Crippen molar-refractivity contribution in [3.8, 4) is 11.5 Å². The second-order valence-corrected chi connectivity index (χ2v) is 6.99. The van der Waals surface area contributed by atoms with E-state index in [0.717, 1.165) is 5.75 Å². The van der Waals surface area contributed by atoms with E-state index in [1.807, 2.05) is 30.3 Å². The van der Waals surface area contributed by atoms with Gasteiger partial charge >= 0.3 is 0 Å². The van der Waals surface area contributed by atoms with Crippen molar-refractivity contribution in [1.82, 2.24) is 5.32 Å². The minimum Gasteiger partial charge on any atom is -0.490 e. The molecule has 0 saturated heterocycles. The topological polar surface area (TPSA) is 76.7 Å². The van der Waals surface area contributed by atoms with Crippen molar-refractivity contribution in [1.29, 1.82) is 0 Å². The number of hydrogen-bond acceptors (Lipinski definition) is 5. The highest BCUT2D eigenvalue weighted by molar-refractivity contribution is 7.80. The lowest BCUT2D eigenvalue weighted by Gasteiger charge is -2.11. The van der Waals surface area contributed by atoms with Gasteiger partial charge in [-0.2, -0.15) is 0 Å². The highest BCUT2D eigenvalue weighted by Crippen LogP contribution is 2.15. The number of ether oxygens (including phenoxy) is 2. The number of benzene rings is 3. The fourth-order valence-electron chi connectivity index (χ4n) is 2.72. The molecule has 0 unspecified atom stereocenters. The van der Waals surface area contributed by atoms with Gasteiger partial charge in [0.1, 0.15) is 24.7 Å². The zero-order chi connectivity index (χ0) is 22.1. The maximum absolute atomic E-state index is 12.5. The van der Waals surface area contributed by atoms with E-state index in [-0.39, 0.29) is 16.8 Å². The van der Waals surface area contributed by atoms with Crippen molar-refractivity contribution in [3.05, 3.63) is 90.0 Å². The number of carbonyl (C=O) groups excluding carboxylic acids is 2. The molecule has 1 amide bonds. The number of carbonyl (C=O) groups is 2. The molecule has 0 saturated carbocycles. The van der Waals surface area contributed by atoms with Crippen molar-refractivity contribution >= 4 is 34.7 Å². The number of Topliss-reactive ketones (excluding diaryl/α,β-unsaturated/α-hetero) is 1. The first-order valence-electron chi connectivity index (χ1n) is 9.65. The third-order valence-electron chi connectivity index (χ3n) is 4.21. The van der Waals surface area contributed by atoms with Crippen LogP contribution >= 0.6 is 12.2 Å². The van der Waals surface area contributed by atoms with Crippen LogP contribution in [-0.4, -0.2) is 30.0 Å². The SMILES string of the molecule is CC(=O)c1cccc(NC(=S)NC(=O)c2cccc(OCCOc3ccccc3)c2)c1. The van der Waals surface area contributed by atoms with Gasteiger partial charge in [-0.3, -0.25) is 14.9 Å². The summed E-state index contributed by atoms with van der Waals surface area (Å²) in [7, 11) is 0. The highest BCUT2D eigenvalue weighted by Gasteiger charge is 2.10. The van der Waals surface area contributed by atoms with Crippen LogP contribution in [0, 0.1) is 0 Å². The molecular weight excluding hydrogens is 412 g/mol. The zero-order valence-electron chi connectivity index (χ0n) is 17.0. The standard InChI is InChI=1S/C24H22N2O4S/c1-17(27)18-7-5-9-20(15-18)25-24(31)26-23(28)19-8-6-12-22(16-19)30-14-13-29-21-10-3-2-4-11-21/h2-12,15-16H,13-14H2,1H3,(H2,25,26,28,31). The first kappa shape index (κ1) is 22.0. The number of nitrogens with one attached hydrogen (secondary N) is 2. The summed E-state index contributed by atoms with van der Waals surface area (Å²) in [5, 5.41) is 5.67. The Balaban J connectivity index is 1.50. The predicted octanol–water partition coefficient (Wildman–Crippen LogP) is 4.47. The number of para-hydroxylation sites is 1. The molecule has 0 aliphatic rings. The van der Waals surface area contributed by atoms with Crippen LogP contribution in [0.2, 0.25) is 0 Å². The molecule has 31 heavy (non-hydrogen) atoms. The molecule has 0 aromatic heterocycles. The highest BCUT2D eigenvalue weighted by atomic mass is 32.1. The number of amides is 1. The lowest BCUT2D eigenvalue weighted by molar-refractivity contribution is 0.0975. The number of thiocarbonyl (C=S) groups is 1. The average molecular weight is 435 g/mol. The molecule has 6 nitrogen and oxygen atoms in total. The second kappa shape index (κ2) is 10.9. The number of rotatable bonds is 8. The van der Waals surface area contributed by atoms with Crippen molar-refractivity contribution < 1.29 is 19.1 Å². The summed E-state index contributed by atoms with van der Waals surface area (Å²) in [5.41, 5.74) is 1.58. The van der Waals surface area contributed by atoms with Crippen LogP contribution in [0.25, 0.3) is 0 Å². The quantitative estimate of drug-likeness (QED) is 0.309. The Hall–Kier alpha value is -3.71. The maximum atomic E-state index is 12.5. The molecule has 3 aromatic carbocycles. The average Bonchev–Trinajstić information content (AvgIpc) is 2.77. The van der Waals surface area contributed by atoms with Crippen LogP contribution in [0.4, 0.5) is 5.69 Å². The summed E-state index contributed by atoms with van der Waals surface area (Å²) >= 11 is 5.21. The van der Waals surface area contributed by atoms with Gasteiger partial charge < -0.3 is 14.8 Å². The maximum Gasteiger partial charge on any atom is 0.257 e. The van der Waals surface area contributed by atoms with Crippen molar-refractivity contribution in [2.45, 2.75) is 6.92 Å². The molecular formula is C24H22N2O4S. The van der Waals surface area contributed by atoms with E-state index >= 15 is 0 Å². The molecule has 3 aromatic rings. The molecule has 0 spiro atoms. The number of hydrogen-bond donors (Lipinski definition) is 2. The third-order valence-corrected chi connectivity index (χ3v) is 4.42. The van der Waals surface area contributed by atoms with E-state index in [4.69, 9.17) is 21.7 Å². The van der Waals surface area contributed by atoms with Gasteiger partial charge in [-0.1, -0.05) is 36.4 Å². The van der Waals surface area contributed by atoms with Crippen LogP contribution in [-0.2, 0) is 0 Å². The van der Waals surface area contributed by atoms with Crippen molar-refractivity contribution in [2.75, 3.05) is 18.5 Å². The van der Waals surface area contributed by atoms with Gasteiger partial charge in [-0.05, 0) is 61.6 Å². The first-order chi connectivity index (χ1) is 15.0. The molecule has 0 radical (unpaired) electrons. The van der Waals surface area contributed by atoms with Gasteiger partial charge in [0.15, 0.2) is 10.9 Å². The van der Waals surface area contributed by atoms with E-state index < -0.39 is 0 Å². The summed E-state index contributed by atoms with van der Waals surface area (Å²) in [6.45, 7) is 2.21. The van der Waals surface area contributed by atoms with E-state index in [9.17, 15) is 9.59 Å². The van der Waals surface area contributed by atoms with E-state index in [1.54, 1.807) is 48.5 Å². The molecule has 0 bridgehead atoms. The van der Waals surface area contributed by atoms with Crippen LogP contribution in [0.15, 0.2) is 78.9 Å². The van der Waals surface area contributed by atoms with Gasteiger partial charge in [0, 0.05) is 16.8 Å². The Morgan fingerprint density at radius 2 is 1.45 bits per heavy atom. The first-order valence-corrected chi connectivity index (χ1v) is 10.1. The van der Waals surface area contributed by atoms with Gasteiger partial charge in [0.25, 0.3) is 5.91 Å². The van der Waals surface area contributed by atoms with Crippen LogP contribution < -0.4 is 20.1 Å². The van der Waals surface area contributed by atoms with Crippen molar-refractivity contribution in [2.24, 2.45) is 0 Å². The Morgan fingerprint density at radius 3 is 2.19 bits per heavy atom. The summed E-state index contributed by atoms with van der Waals surface area (Å²) in [6.07, 6.45) is 0. The summed E-state index contributed by atoms with van der Waals surface area (Å²) in [4.78, 5) is 24.0. The number of anilines is 1. The number of ketones is 1. The van der Waals surface area contributed by atoms with Crippen LogP contribution in [0.5, 0.6) is 11.5 Å². The van der Waals surface area contributed by atoms with Gasteiger partial charge in [0.05, 0.1) is 0 Å². The lowest BCUT2D eigenvalue weighted by atomic mass is 10.1. The predicted molar refractivity (Wildman–Crippen MR) is 124 cm³/mol. The molecule has 0 atom stereocenters. The minimum absolute atomic E-state index is 0.0513. The zero-order valence-corrected chi connectivity index (χ0v) is 17.8. The van der Waals surface area contributed by atoms with Crippen LogP contribution in [0.1, 0.15) is 27.6 Å². The second-order valence-electron chi connectivity index (χ2n) is 6.58. The molecule has 2 N–H and O–H groups in total. The van der Waals surface area contributed by atoms with Crippen LogP contribution in [0.3, 0.4) is 0 Å². The fraction of sp³-hybridized carbons (Fsp3) is 0.125. The Bertz CT molecular complexity index is 1070. The molecule has 0 fully saturated rings. The molecule has 0 heterocycles. The Kier molecular flexibility index (Phi) is 7.73. The van der Waals surface area contributed by atoms with E-state index in [1.165, 1.54) is 6.92 Å². The van der Waals surface area contributed by atoms with E-state index in [0.29, 0.717) is 35.8 Å². The monoisotopic (exact) mass is 434 g/mol. The molecule has 0 aliphatic carbocycles. The fourth-order valence-corrected chi connectivity index (χ4v) is 2.93. The summed E-state index contributed by atoms with van der Waals surface area (Å²) in [5.74, 6) is 0.905. The van der Waals surface area contributed by atoms with E-state index in [2.05, 4.69) is 10.6 Å². The molecule has 3 rings (SSSR count). The normalized spacial score (nSPS) is 10.1. The molecule has 7 heteroatoms. The van der Waals surface area contributed by atoms with Crippen molar-refractivity contribution in [3.63, 3.8) is 0 Å². The third kappa shape index (κ3) is 6.94. The van der Waals surface area contributed by atoms with Gasteiger partial charge in [-0.25, -0.2) is 0 Å². The summed E-state index contributed by atoms with van der Waals surface area (Å²) in [6, 6.07) is 23.2. The minimum atomic E-state index is -0.369. The Labute approximate surface area is 186 Å². The molecule has 0 aliphatic heterocycles. The van der Waals surface area contributed by atoms with Gasteiger partial charge in [0.2, 0.25) is 0 Å². The smallest absolute Gasteiger partial charge is 0.257 e.